The van der Waals surface area contributed by atoms with Gasteiger partial charge >= 0.3 is 0 Å². The number of nitrogens with zero attached hydrogens (tertiary/aromatic N) is 1. The molecule has 6 nitrogen and oxygen atoms in total. The summed E-state index contributed by atoms with van der Waals surface area (Å²) in [7, 11) is -1.48. The molecule has 3 aromatic rings. The van der Waals surface area contributed by atoms with Crippen molar-refractivity contribution in [1.29, 1.82) is 0 Å². The van der Waals surface area contributed by atoms with Crippen LogP contribution in [-0.4, -0.2) is 56.2 Å². The number of fused-ring (bicyclic) bond motifs is 1. The molecule has 5 rings (SSSR count). The average molecular weight is 542 g/mol. The van der Waals surface area contributed by atoms with Gasteiger partial charge < -0.3 is 9.16 Å². The SMILES string of the molecule is CO[C@@H]1C(O[Si](c2ccccc2)(c2ccccc2)C(C)(C)C)[C@@H](C(C)=O)C[C@H]1N1C(=O)c2ccccc2C1=O. The molecule has 2 aliphatic rings. The van der Waals surface area contributed by atoms with E-state index in [1.54, 1.807) is 38.3 Å². The topological polar surface area (TPSA) is 72.9 Å². The van der Waals surface area contributed by atoms with E-state index >= 15 is 0 Å². The smallest absolute Gasteiger partial charge is 0.261 e. The highest BCUT2D eigenvalue weighted by Gasteiger charge is 2.59. The molecule has 0 bridgehead atoms. The second kappa shape index (κ2) is 10.3. The van der Waals surface area contributed by atoms with Gasteiger partial charge in [-0.25, -0.2) is 0 Å². The quantitative estimate of drug-likeness (QED) is 0.331. The molecule has 0 saturated heterocycles. The number of rotatable bonds is 7. The van der Waals surface area contributed by atoms with Crippen LogP contribution in [0.4, 0.5) is 0 Å². The van der Waals surface area contributed by atoms with Gasteiger partial charge in [0.25, 0.3) is 20.1 Å². The van der Waals surface area contributed by atoms with E-state index in [9.17, 15) is 14.4 Å². The Morgan fingerprint density at radius 3 is 1.67 bits per heavy atom. The Labute approximate surface area is 231 Å². The number of ether oxygens (including phenoxy) is 1. The number of hydrogen-bond donors (Lipinski definition) is 0. The fourth-order valence-corrected chi connectivity index (χ4v) is 11.2. The first-order valence-corrected chi connectivity index (χ1v) is 15.3. The Morgan fingerprint density at radius 1 is 0.795 bits per heavy atom. The molecule has 1 unspecified atom stereocenters. The Bertz CT molecular complexity index is 1310. The fourth-order valence-electron chi connectivity index (χ4n) is 6.47. The number of hydrogen-bond acceptors (Lipinski definition) is 5. The van der Waals surface area contributed by atoms with Crippen molar-refractivity contribution in [2.45, 2.75) is 57.4 Å². The van der Waals surface area contributed by atoms with E-state index in [4.69, 9.17) is 9.16 Å². The normalized spacial score (nSPS) is 23.3. The van der Waals surface area contributed by atoms with Crippen LogP contribution in [0.15, 0.2) is 84.9 Å². The van der Waals surface area contributed by atoms with Gasteiger partial charge in [0.1, 0.15) is 11.9 Å². The highest BCUT2D eigenvalue weighted by Crippen LogP contribution is 2.44. The summed E-state index contributed by atoms with van der Waals surface area (Å²) in [5, 5.41) is 1.86. The van der Waals surface area contributed by atoms with Crippen LogP contribution in [0, 0.1) is 5.92 Å². The predicted molar refractivity (Wildman–Crippen MR) is 153 cm³/mol. The predicted octanol–water partition coefficient (Wildman–Crippen LogP) is 4.22. The van der Waals surface area contributed by atoms with Gasteiger partial charge in [-0.05, 0) is 40.9 Å². The molecule has 1 saturated carbocycles. The van der Waals surface area contributed by atoms with Crippen molar-refractivity contribution in [2.24, 2.45) is 5.92 Å². The number of carbonyl (C=O) groups excluding carboxylic acids is 3. The maximum Gasteiger partial charge on any atom is 0.261 e. The van der Waals surface area contributed by atoms with Gasteiger partial charge in [-0.1, -0.05) is 93.6 Å². The number of amides is 2. The van der Waals surface area contributed by atoms with Gasteiger partial charge in [0.15, 0.2) is 0 Å². The number of Topliss-reactive ketones (excluding diaryl/α,β-unsaturated/α-hetero) is 1. The summed E-state index contributed by atoms with van der Waals surface area (Å²) in [5.74, 6) is -1.28. The summed E-state index contributed by atoms with van der Waals surface area (Å²) in [6.07, 6.45) is -1.02. The van der Waals surface area contributed by atoms with Gasteiger partial charge in [-0.2, -0.15) is 0 Å². The average Bonchev–Trinajstić information content (AvgIpc) is 3.41. The molecule has 7 heteroatoms. The molecule has 4 atom stereocenters. The molecule has 0 radical (unpaired) electrons. The van der Waals surface area contributed by atoms with E-state index in [0.717, 1.165) is 10.4 Å². The number of ketones is 1. The van der Waals surface area contributed by atoms with Gasteiger partial charge in [0.05, 0.1) is 23.3 Å². The van der Waals surface area contributed by atoms with Crippen molar-refractivity contribution >= 4 is 36.3 Å². The third kappa shape index (κ3) is 4.38. The zero-order valence-corrected chi connectivity index (χ0v) is 24.1. The lowest BCUT2D eigenvalue weighted by molar-refractivity contribution is -0.124. The minimum atomic E-state index is -3.05. The number of carbonyl (C=O) groups is 3. The summed E-state index contributed by atoms with van der Waals surface area (Å²) in [6, 6.07) is 26.7. The summed E-state index contributed by atoms with van der Waals surface area (Å²) < 4.78 is 13.4. The molecular weight excluding hydrogens is 506 g/mol. The lowest BCUT2D eigenvalue weighted by Crippen LogP contribution is -2.69. The second-order valence-electron chi connectivity index (χ2n) is 11.5. The molecule has 0 N–H and O–H groups in total. The van der Waals surface area contributed by atoms with Crippen LogP contribution in [0.25, 0.3) is 0 Å². The molecule has 0 aromatic heterocycles. The highest BCUT2D eigenvalue weighted by atomic mass is 28.4. The molecule has 1 heterocycles. The first-order valence-electron chi connectivity index (χ1n) is 13.4. The van der Waals surface area contributed by atoms with Gasteiger partial charge in [-0.3, -0.25) is 19.3 Å². The van der Waals surface area contributed by atoms with E-state index in [-0.39, 0.29) is 22.6 Å². The van der Waals surface area contributed by atoms with E-state index in [0.29, 0.717) is 17.5 Å². The molecule has 202 valence electrons. The van der Waals surface area contributed by atoms with Gasteiger partial charge in [0, 0.05) is 13.0 Å². The standard InChI is InChI=1S/C32H35NO5Si/c1-21(34)26-20-27(33-30(35)24-18-12-13-19-25(24)31(33)36)29(37-5)28(26)38-39(32(2,3)4,22-14-8-6-9-15-22)23-16-10-7-11-17-23/h6-19,26-29H,20H2,1-5H3/t26-,27-,28?,29+/m1/s1. The van der Waals surface area contributed by atoms with Gasteiger partial charge in [0.2, 0.25) is 0 Å². The minimum Gasteiger partial charge on any atom is -0.401 e. The third-order valence-corrected chi connectivity index (χ3v) is 13.3. The monoisotopic (exact) mass is 541 g/mol. The lowest BCUT2D eigenvalue weighted by atomic mass is 10.0. The van der Waals surface area contributed by atoms with Crippen molar-refractivity contribution < 1.29 is 23.5 Å². The fraction of sp³-hybridized carbons (Fsp3) is 0.344. The summed E-state index contributed by atoms with van der Waals surface area (Å²) >= 11 is 0. The lowest BCUT2D eigenvalue weighted by Gasteiger charge is -2.46. The van der Waals surface area contributed by atoms with Crippen LogP contribution in [-0.2, 0) is 14.0 Å². The molecular formula is C32H35NO5Si. The Balaban J connectivity index is 1.63. The van der Waals surface area contributed by atoms with Crippen LogP contribution in [0.2, 0.25) is 5.04 Å². The van der Waals surface area contributed by atoms with E-state index in [1.165, 1.54) is 4.90 Å². The first kappa shape index (κ1) is 27.2. The van der Waals surface area contributed by atoms with Gasteiger partial charge in [-0.15, -0.1) is 0 Å². The molecule has 0 spiro atoms. The van der Waals surface area contributed by atoms with Crippen molar-refractivity contribution in [2.75, 3.05) is 7.11 Å². The Kier molecular flexibility index (Phi) is 7.18. The van der Waals surface area contributed by atoms with E-state index in [2.05, 4.69) is 45.0 Å². The molecule has 2 amide bonds. The highest BCUT2D eigenvalue weighted by molar-refractivity contribution is 6.99. The molecule has 1 fully saturated rings. The minimum absolute atomic E-state index is 0.0425. The van der Waals surface area contributed by atoms with Crippen molar-refractivity contribution in [3.8, 4) is 0 Å². The summed E-state index contributed by atoms with van der Waals surface area (Å²) in [4.78, 5) is 41.4. The zero-order valence-electron chi connectivity index (χ0n) is 23.1. The summed E-state index contributed by atoms with van der Waals surface area (Å²) in [5.41, 5.74) is 0.765. The van der Waals surface area contributed by atoms with Crippen LogP contribution in [0.5, 0.6) is 0 Å². The first-order chi connectivity index (χ1) is 18.6. The molecule has 3 aromatic carbocycles. The number of imide groups is 1. The molecule has 39 heavy (non-hydrogen) atoms. The second-order valence-corrected chi connectivity index (χ2v) is 15.7. The van der Waals surface area contributed by atoms with E-state index in [1.807, 2.05) is 36.4 Å². The number of benzene rings is 3. The summed E-state index contributed by atoms with van der Waals surface area (Å²) in [6.45, 7) is 8.10. The van der Waals surface area contributed by atoms with Crippen LogP contribution in [0.1, 0.15) is 54.8 Å². The zero-order chi connectivity index (χ0) is 27.9. The maximum atomic E-state index is 13.5. The largest absolute Gasteiger partial charge is 0.401 e. The van der Waals surface area contributed by atoms with Crippen LogP contribution < -0.4 is 10.4 Å². The van der Waals surface area contributed by atoms with Crippen LogP contribution in [0.3, 0.4) is 0 Å². The van der Waals surface area contributed by atoms with Crippen LogP contribution >= 0.6 is 0 Å². The van der Waals surface area contributed by atoms with Crippen molar-refractivity contribution in [1.82, 2.24) is 4.90 Å². The van der Waals surface area contributed by atoms with E-state index < -0.39 is 32.5 Å². The van der Waals surface area contributed by atoms with Crippen molar-refractivity contribution in [3.63, 3.8) is 0 Å². The Hall–Kier alpha value is -3.39. The molecule has 1 aliphatic carbocycles. The third-order valence-electron chi connectivity index (χ3n) is 8.28. The molecule has 1 aliphatic heterocycles. The maximum absolute atomic E-state index is 13.5. The Morgan fingerprint density at radius 2 is 1.26 bits per heavy atom. The van der Waals surface area contributed by atoms with Crippen molar-refractivity contribution in [3.05, 3.63) is 96.1 Å². The number of methoxy groups -OCH3 is 1.